The topological polar surface area (TPSA) is 93.5 Å². The molecule has 0 bridgehead atoms. The summed E-state index contributed by atoms with van der Waals surface area (Å²) in [5.74, 6) is 0. The molecule has 0 aliphatic carbocycles. The van der Waals surface area contributed by atoms with Crippen molar-refractivity contribution in [2.75, 3.05) is 12.3 Å². The summed E-state index contributed by atoms with van der Waals surface area (Å²) >= 11 is 0. The minimum absolute atomic E-state index is 0.00390. The van der Waals surface area contributed by atoms with Crippen molar-refractivity contribution in [3.8, 4) is 0 Å². The van der Waals surface area contributed by atoms with E-state index in [0.29, 0.717) is 12.2 Å². The summed E-state index contributed by atoms with van der Waals surface area (Å²) in [6, 6.07) is 7.52. The Labute approximate surface area is 88.1 Å². The number of anilines is 1. The molecule has 0 amide bonds. The molecule has 0 aliphatic heterocycles. The molecule has 80 valence electrons. The zero-order chi connectivity index (χ0) is 11.1. The highest BCUT2D eigenvalue weighted by atomic mass is 16.3. The van der Waals surface area contributed by atoms with Crippen LogP contribution < -0.4 is 16.8 Å². The lowest BCUT2D eigenvalue weighted by atomic mass is 10.2. The first-order chi connectivity index (χ1) is 7.22. The first-order valence-electron chi connectivity index (χ1n) is 4.54. The molecule has 0 radical (unpaired) electrons. The van der Waals surface area contributed by atoms with Gasteiger partial charge >= 0.3 is 0 Å². The second kappa shape index (κ2) is 5.64. The molecule has 1 aromatic rings. The highest BCUT2D eigenvalue weighted by Crippen LogP contribution is 2.05. The number of hydrogen-bond donors (Lipinski definition) is 3. The average molecular weight is 206 g/mol. The highest BCUT2D eigenvalue weighted by Gasteiger charge is 1.92. The van der Waals surface area contributed by atoms with Gasteiger partial charge in [-0.15, -0.1) is 0 Å². The van der Waals surface area contributed by atoms with Crippen LogP contribution in [0, 0.1) is 4.91 Å². The van der Waals surface area contributed by atoms with Crippen LogP contribution in [0.1, 0.15) is 5.56 Å². The highest BCUT2D eigenvalue weighted by molar-refractivity contribution is 5.40. The van der Waals surface area contributed by atoms with Crippen molar-refractivity contribution in [3.63, 3.8) is 0 Å². The van der Waals surface area contributed by atoms with Gasteiger partial charge in [-0.25, -0.2) is 0 Å². The molecule has 5 N–H and O–H groups in total. The van der Waals surface area contributed by atoms with E-state index in [1.165, 1.54) is 0 Å². The predicted molar refractivity (Wildman–Crippen MR) is 60.6 cm³/mol. The van der Waals surface area contributed by atoms with E-state index in [2.05, 4.69) is 10.5 Å². The summed E-state index contributed by atoms with van der Waals surface area (Å²) in [6.07, 6.45) is 1.57. The maximum Gasteiger partial charge on any atom is 0.122 e. The van der Waals surface area contributed by atoms with Crippen molar-refractivity contribution in [1.29, 1.82) is 0 Å². The Balaban J connectivity index is 2.44. The number of benzene rings is 1. The zero-order valence-electron chi connectivity index (χ0n) is 8.31. The van der Waals surface area contributed by atoms with Crippen LogP contribution in [0.15, 0.2) is 41.3 Å². The lowest BCUT2D eigenvalue weighted by molar-refractivity contribution is 0.851. The third-order valence-electron chi connectivity index (χ3n) is 1.79. The molecule has 0 saturated carbocycles. The van der Waals surface area contributed by atoms with Crippen LogP contribution in [0.5, 0.6) is 0 Å². The summed E-state index contributed by atoms with van der Waals surface area (Å²) in [5, 5.41) is 5.64. The summed E-state index contributed by atoms with van der Waals surface area (Å²) in [5.41, 5.74) is 13.3. The standard InChI is InChI=1S/C10H14N4O/c11-9-3-1-2-8(4-9)5-13-6-10(12)7-14-15/h1-4,6,13H,5,7,11-12H2/b10-6-. The summed E-state index contributed by atoms with van der Waals surface area (Å²) in [4.78, 5) is 9.88. The summed E-state index contributed by atoms with van der Waals surface area (Å²) in [6.45, 7) is 0.620. The van der Waals surface area contributed by atoms with Crippen molar-refractivity contribution in [1.82, 2.24) is 5.32 Å². The van der Waals surface area contributed by atoms with Crippen LogP contribution in [-0.2, 0) is 6.54 Å². The smallest absolute Gasteiger partial charge is 0.122 e. The number of nitroso groups, excluding NO2 is 1. The van der Waals surface area contributed by atoms with Crippen LogP contribution in [0.25, 0.3) is 0 Å². The third-order valence-corrected chi connectivity index (χ3v) is 1.79. The molecule has 15 heavy (non-hydrogen) atoms. The number of nitrogens with two attached hydrogens (primary N) is 2. The Bertz CT molecular complexity index is 362. The first kappa shape index (κ1) is 11.0. The zero-order valence-corrected chi connectivity index (χ0v) is 8.31. The van der Waals surface area contributed by atoms with Crippen LogP contribution >= 0.6 is 0 Å². The van der Waals surface area contributed by atoms with Gasteiger partial charge in [-0.1, -0.05) is 17.3 Å². The van der Waals surface area contributed by atoms with Crippen LogP contribution in [-0.4, -0.2) is 6.54 Å². The van der Waals surface area contributed by atoms with E-state index in [1.807, 2.05) is 24.3 Å². The normalized spacial score (nSPS) is 11.1. The van der Waals surface area contributed by atoms with E-state index >= 15 is 0 Å². The van der Waals surface area contributed by atoms with Crippen LogP contribution in [0.3, 0.4) is 0 Å². The monoisotopic (exact) mass is 206 g/mol. The van der Waals surface area contributed by atoms with Crippen molar-refractivity contribution in [2.24, 2.45) is 10.9 Å². The van der Waals surface area contributed by atoms with Gasteiger partial charge in [0.15, 0.2) is 0 Å². The molecule has 0 heterocycles. The lowest BCUT2D eigenvalue weighted by Gasteiger charge is -2.03. The Morgan fingerprint density at radius 1 is 1.53 bits per heavy atom. The largest absolute Gasteiger partial charge is 0.399 e. The minimum atomic E-state index is 0.00390. The van der Waals surface area contributed by atoms with Crippen LogP contribution in [0.2, 0.25) is 0 Å². The van der Waals surface area contributed by atoms with Crippen molar-refractivity contribution in [3.05, 3.63) is 46.6 Å². The van der Waals surface area contributed by atoms with E-state index in [4.69, 9.17) is 11.5 Å². The van der Waals surface area contributed by atoms with Crippen molar-refractivity contribution < 1.29 is 0 Å². The maximum atomic E-state index is 9.88. The van der Waals surface area contributed by atoms with E-state index in [0.717, 1.165) is 11.3 Å². The fourth-order valence-electron chi connectivity index (χ4n) is 1.12. The minimum Gasteiger partial charge on any atom is -0.399 e. The molecule has 0 spiro atoms. The Kier molecular flexibility index (Phi) is 4.15. The van der Waals surface area contributed by atoms with E-state index in [1.54, 1.807) is 6.20 Å². The first-order valence-corrected chi connectivity index (χ1v) is 4.54. The van der Waals surface area contributed by atoms with Crippen LogP contribution in [0.4, 0.5) is 5.69 Å². The Morgan fingerprint density at radius 2 is 2.33 bits per heavy atom. The van der Waals surface area contributed by atoms with Gasteiger partial charge < -0.3 is 16.8 Å². The second-order valence-corrected chi connectivity index (χ2v) is 3.13. The van der Waals surface area contributed by atoms with Crippen molar-refractivity contribution >= 4 is 5.69 Å². The van der Waals surface area contributed by atoms with E-state index in [9.17, 15) is 4.91 Å². The van der Waals surface area contributed by atoms with Gasteiger partial charge in [-0.2, -0.15) is 4.91 Å². The Hall–Kier alpha value is -2.04. The van der Waals surface area contributed by atoms with E-state index in [-0.39, 0.29) is 6.54 Å². The Morgan fingerprint density at radius 3 is 3.00 bits per heavy atom. The summed E-state index contributed by atoms with van der Waals surface area (Å²) in [7, 11) is 0. The SMILES string of the molecule is N/C(=C\NCc1cccc(N)c1)CN=O. The molecule has 1 rings (SSSR count). The lowest BCUT2D eigenvalue weighted by Crippen LogP contribution is -2.11. The van der Waals surface area contributed by atoms with Gasteiger partial charge in [0.05, 0.1) is 0 Å². The average Bonchev–Trinajstić information content (AvgIpc) is 2.18. The molecule has 5 nitrogen and oxygen atoms in total. The number of nitrogens with zero attached hydrogens (tertiary/aromatic N) is 1. The number of rotatable bonds is 5. The molecular weight excluding hydrogens is 192 g/mol. The molecule has 0 aromatic heterocycles. The molecule has 0 atom stereocenters. The van der Waals surface area contributed by atoms with Gasteiger partial charge in [0.2, 0.25) is 0 Å². The van der Waals surface area contributed by atoms with Gasteiger partial charge in [-0.05, 0) is 17.7 Å². The third kappa shape index (κ3) is 4.12. The molecule has 1 aromatic carbocycles. The number of nitrogen functional groups attached to an aromatic ring is 1. The van der Waals surface area contributed by atoms with E-state index < -0.39 is 0 Å². The van der Waals surface area contributed by atoms with Gasteiger partial charge in [-0.3, -0.25) is 0 Å². The fourth-order valence-corrected chi connectivity index (χ4v) is 1.12. The molecule has 0 fully saturated rings. The van der Waals surface area contributed by atoms with Crippen molar-refractivity contribution in [2.45, 2.75) is 6.54 Å². The second-order valence-electron chi connectivity index (χ2n) is 3.13. The summed E-state index contributed by atoms with van der Waals surface area (Å²) < 4.78 is 0. The van der Waals surface area contributed by atoms with Gasteiger partial charge in [0.25, 0.3) is 0 Å². The fraction of sp³-hybridized carbons (Fsp3) is 0.200. The predicted octanol–water partition coefficient (Wildman–Crippen LogP) is 0.925. The maximum absolute atomic E-state index is 9.88. The molecule has 0 saturated heterocycles. The molecule has 0 aliphatic rings. The number of hydrogen-bond acceptors (Lipinski definition) is 5. The molecule has 0 unspecified atom stereocenters. The van der Waals surface area contributed by atoms with Gasteiger partial charge in [0, 0.05) is 24.1 Å². The molecule has 5 heteroatoms. The number of nitrogens with one attached hydrogen (secondary N) is 1. The quantitative estimate of drug-likeness (QED) is 0.493. The molecular formula is C10H14N4O. The van der Waals surface area contributed by atoms with Gasteiger partial charge in [0.1, 0.15) is 6.54 Å².